The summed E-state index contributed by atoms with van der Waals surface area (Å²) in [5.74, 6) is -0.198. The molecule has 2 heterocycles. The number of hydrogen-bond donors (Lipinski definition) is 2. The Hall–Kier alpha value is -1.55. The van der Waals surface area contributed by atoms with Crippen molar-refractivity contribution in [3.05, 3.63) is 28.2 Å². The van der Waals surface area contributed by atoms with Crippen LogP contribution in [0, 0.1) is 0 Å². The summed E-state index contributed by atoms with van der Waals surface area (Å²) in [6.07, 6.45) is 4.85. The third-order valence-electron chi connectivity index (χ3n) is 5.42. The number of urea groups is 1. The van der Waals surface area contributed by atoms with Crippen LogP contribution >= 0.6 is 23.2 Å². The SMILES string of the molecule is CS(=O)(=O)NCC1CCCCN1C(=O)NC1CCCN(c2ccc(Cl)c(Cl)c2)C1=O. The van der Waals surface area contributed by atoms with E-state index in [2.05, 4.69) is 10.0 Å². The van der Waals surface area contributed by atoms with Gasteiger partial charge in [-0.25, -0.2) is 17.9 Å². The number of carbonyl (C=O) groups is 2. The second kappa shape index (κ2) is 9.72. The molecular weight excluding hydrogens is 451 g/mol. The Balaban J connectivity index is 1.67. The van der Waals surface area contributed by atoms with E-state index in [4.69, 9.17) is 23.2 Å². The van der Waals surface area contributed by atoms with Gasteiger partial charge >= 0.3 is 6.03 Å². The van der Waals surface area contributed by atoms with Crippen molar-refractivity contribution in [2.45, 2.75) is 44.2 Å². The largest absolute Gasteiger partial charge is 0.326 e. The van der Waals surface area contributed by atoms with E-state index in [0.29, 0.717) is 41.7 Å². The van der Waals surface area contributed by atoms with E-state index in [9.17, 15) is 18.0 Å². The Labute approximate surface area is 186 Å². The van der Waals surface area contributed by atoms with E-state index in [0.717, 1.165) is 25.5 Å². The Morgan fingerprint density at radius 3 is 2.60 bits per heavy atom. The van der Waals surface area contributed by atoms with Gasteiger partial charge in [-0.1, -0.05) is 23.2 Å². The van der Waals surface area contributed by atoms with Gasteiger partial charge in [0.1, 0.15) is 6.04 Å². The third-order valence-corrected chi connectivity index (χ3v) is 6.85. The lowest BCUT2D eigenvalue weighted by atomic mass is 10.0. The van der Waals surface area contributed by atoms with Gasteiger partial charge < -0.3 is 15.1 Å². The smallest absolute Gasteiger partial charge is 0.318 e. The Morgan fingerprint density at radius 1 is 1.13 bits per heavy atom. The molecule has 11 heteroatoms. The summed E-state index contributed by atoms with van der Waals surface area (Å²) < 4.78 is 25.3. The average molecular weight is 477 g/mol. The van der Waals surface area contributed by atoms with Crippen LogP contribution < -0.4 is 14.9 Å². The number of amides is 3. The minimum absolute atomic E-state index is 0.167. The maximum Gasteiger partial charge on any atom is 0.318 e. The Morgan fingerprint density at radius 2 is 1.90 bits per heavy atom. The zero-order valence-electron chi connectivity index (χ0n) is 16.7. The summed E-state index contributed by atoms with van der Waals surface area (Å²) in [6, 6.07) is 3.79. The minimum atomic E-state index is -3.34. The molecule has 166 valence electrons. The first-order valence-electron chi connectivity index (χ1n) is 9.94. The Bertz CT molecular complexity index is 912. The van der Waals surface area contributed by atoms with E-state index in [1.165, 1.54) is 0 Å². The maximum absolute atomic E-state index is 13.0. The fraction of sp³-hybridized carbons (Fsp3) is 0.579. The molecule has 0 aliphatic carbocycles. The van der Waals surface area contributed by atoms with Crippen molar-refractivity contribution in [1.29, 1.82) is 0 Å². The number of likely N-dealkylation sites (tertiary alicyclic amines) is 1. The summed E-state index contributed by atoms with van der Waals surface area (Å²) in [5.41, 5.74) is 0.640. The van der Waals surface area contributed by atoms with Crippen LogP contribution in [-0.2, 0) is 14.8 Å². The van der Waals surface area contributed by atoms with Gasteiger partial charge in [-0.15, -0.1) is 0 Å². The van der Waals surface area contributed by atoms with E-state index in [1.807, 2.05) is 0 Å². The molecule has 2 N–H and O–H groups in total. The number of sulfonamides is 1. The molecule has 2 atom stereocenters. The molecule has 0 saturated carbocycles. The molecular formula is C19H26Cl2N4O4S. The number of nitrogens with zero attached hydrogens (tertiary/aromatic N) is 2. The van der Waals surface area contributed by atoms with Crippen LogP contribution in [0.25, 0.3) is 0 Å². The zero-order chi connectivity index (χ0) is 21.9. The lowest BCUT2D eigenvalue weighted by molar-refractivity contribution is -0.121. The van der Waals surface area contributed by atoms with Crippen molar-refractivity contribution in [1.82, 2.24) is 14.9 Å². The van der Waals surface area contributed by atoms with Crippen molar-refractivity contribution in [2.24, 2.45) is 0 Å². The average Bonchev–Trinajstić information content (AvgIpc) is 2.70. The van der Waals surface area contributed by atoms with Gasteiger partial charge in [-0.3, -0.25) is 4.79 Å². The predicted molar refractivity (Wildman–Crippen MR) is 118 cm³/mol. The number of carbonyl (C=O) groups excluding carboxylic acids is 2. The molecule has 0 spiro atoms. The normalized spacial score (nSPS) is 22.8. The molecule has 1 aromatic carbocycles. The summed E-state index contributed by atoms with van der Waals surface area (Å²) in [6.45, 7) is 1.23. The number of benzene rings is 1. The van der Waals surface area contributed by atoms with Gasteiger partial charge in [0.25, 0.3) is 0 Å². The molecule has 8 nitrogen and oxygen atoms in total. The highest BCUT2D eigenvalue weighted by atomic mass is 35.5. The topological polar surface area (TPSA) is 98.8 Å². The monoisotopic (exact) mass is 476 g/mol. The molecule has 3 rings (SSSR count). The fourth-order valence-corrected chi connectivity index (χ4v) is 4.67. The Kier molecular flexibility index (Phi) is 7.49. The van der Waals surface area contributed by atoms with E-state index >= 15 is 0 Å². The lowest BCUT2D eigenvalue weighted by Gasteiger charge is -2.38. The number of halogens is 2. The maximum atomic E-state index is 13.0. The van der Waals surface area contributed by atoms with Crippen LogP contribution in [0.1, 0.15) is 32.1 Å². The second-order valence-corrected chi connectivity index (χ2v) is 10.3. The molecule has 2 unspecified atom stereocenters. The molecule has 3 amide bonds. The minimum Gasteiger partial charge on any atom is -0.326 e. The van der Waals surface area contributed by atoms with Gasteiger partial charge in [0.2, 0.25) is 15.9 Å². The van der Waals surface area contributed by atoms with E-state index in [1.54, 1.807) is 28.0 Å². The second-order valence-electron chi connectivity index (χ2n) is 7.70. The van der Waals surface area contributed by atoms with Gasteiger partial charge in [0.15, 0.2) is 0 Å². The molecule has 2 aliphatic rings. The summed E-state index contributed by atoms with van der Waals surface area (Å²) in [5, 5.41) is 3.63. The molecule has 2 saturated heterocycles. The number of hydrogen-bond acceptors (Lipinski definition) is 4. The molecule has 1 aromatic rings. The quantitative estimate of drug-likeness (QED) is 0.681. The van der Waals surface area contributed by atoms with Gasteiger partial charge in [0.05, 0.1) is 16.3 Å². The fourth-order valence-electron chi connectivity index (χ4n) is 3.88. The predicted octanol–water partition coefficient (Wildman–Crippen LogP) is 2.60. The zero-order valence-corrected chi connectivity index (χ0v) is 19.1. The highest BCUT2D eigenvalue weighted by Gasteiger charge is 2.34. The van der Waals surface area contributed by atoms with Crippen LogP contribution in [0.5, 0.6) is 0 Å². The molecule has 0 bridgehead atoms. The first kappa shape index (κ1) is 23.1. The van der Waals surface area contributed by atoms with E-state index < -0.39 is 16.1 Å². The highest BCUT2D eigenvalue weighted by molar-refractivity contribution is 7.88. The standard InChI is InChI=1S/C19H26Cl2N4O4S/c1-30(28,29)22-12-14-5-2-3-9-25(14)19(27)23-17-6-4-10-24(18(17)26)13-7-8-15(20)16(21)11-13/h7-8,11,14,17,22H,2-6,9-10,12H2,1H3,(H,23,27). The van der Waals surface area contributed by atoms with Crippen molar-refractivity contribution < 1.29 is 18.0 Å². The van der Waals surface area contributed by atoms with Crippen molar-refractivity contribution in [3.8, 4) is 0 Å². The van der Waals surface area contributed by atoms with Crippen molar-refractivity contribution in [2.75, 3.05) is 30.8 Å². The molecule has 2 fully saturated rings. The summed E-state index contributed by atoms with van der Waals surface area (Å²) in [7, 11) is -3.34. The number of anilines is 1. The van der Waals surface area contributed by atoms with Crippen molar-refractivity contribution in [3.63, 3.8) is 0 Å². The first-order chi connectivity index (χ1) is 14.2. The van der Waals surface area contributed by atoms with Gasteiger partial charge in [0, 0.05) is 31.4 Å². The first-order valence-corrected chi connectivity index (χ1v) is 12.6. The summed E-state index contributed by atoms with van der Waals surface area (Å²) in [4.78, 5) is 29.2. The van der Waals surface area contributed by atoms with Crippen LogP contribution in [0.2, 0.25) is 10.0 Å². The number of piperidine rings is 2. The van der Waals surface area contributed by atoms with Crippen LogP contribution in [0.3, 0.4) is 0 Å². The third kappa shape index (κ3) is 5.78. The number of nitrogens with one attached hydrogen (secondary N) is 2. The van der Waals surface area contributed by atoms with E-state index in [-0.39, 0.29) is 24.5 Å². The van der Waals surface area contributed by atoms with Gasteiger partial charge in [-0.05, 0) is 50.3 Å². The van der Waals surface area contributed by atoms with Crippen LogP contribution in [0.4, 0.5) is 10.5 Å². The molecule has 2 aliphatic heterocycles. The highest BCUT2D eigenvalue weighted by Crippen LogP contribution is 2.29. The van der Waals surface area contributed by atoms with Gasteiger partial charge in [-0.2, -0.15) is 0 Å². The molecule has 0 aromatic heterocycles. The van der Waals surface area contributed by atoms with Crippen molar-refractivity contribution >= 4 is 50.9 Å². The lowest BCUT2D eigenvalue weighted by Crippen LogP contribution is -2.58. The van der Waals surface area contributed by atoms with Crippen LogP contribution in [0.15, 0.2) is 18.2 Å². The number of rotatable bonds is 5. The van der Waals surface area contributed by atoms with Crippen LogP contribution in [-0.4, -0.2) is 63.2 Å². The molecule has 30 heavy (non-hydrogen) atoms. The molecule has 0 radical (unpaired) electrons. The summed E-state index contributed by atoms with van der Waals surface area (Å²) >= 11 is 12.1.